The molecular formula is C15H23BrN2O2. The monoisotopic (exact) mass is 342 g/mol. The summed E-state index contributed by atoms with van der Waals surface area (Å²) in [5, 5.41) is 9.32. The Kier molecular flexibility index (Phi) is 5.99. The van der Waals surface area contributed by atoms with Crippen molar-refractivity contribution in [1.82, 2.24) is 4.90 Å². The average Bonchev–Trinajstić information content (AvgIpc) is 2.49. The molecule has 0 saturated carbocycles. The van der Waals surface area contributed by atoms with Crippen LogP contribution in [0.1, 0.15) is 24.9 Å². The summed E-state index contributed by atoms with van der Waals surface area (Å²) in [6.45, 7) is 4.37. The van der Waals surface area contributed by atoms with Crippen molar-refractivity contribution in [3.63, 3.8) is 0 Å². The van der Waals surface area contributed by atoms with Crippen molar-refractivity contribution in [1.29, 1.82) is 0 Å². The summed E-state index contributed by atoms with van der Waals surface area (Å²) in [4.78, 5) is 2.33. The van der Waals surface area contributed by atoms with Crippen molar-refractivity contribution in [2.75, 3.05) is 26.3 Å². The fourth-order valence-corrected chi connectivity index (χ4v) is 3.26. The highest BCUT2D eigenvalue weighted by atomic mass is 79.9. The predicted octanol–water partition coefficient (Wildman–Crippen LogP) is 1.92. The first-order valence-corrected chi connectivity index (χ1v) is 7.93. The van der Waals surface area contributed by atoms with Crippen molar-refractivity contribution < 1.29 is 9.84 Å². The molecule has 1 fully saturated rings. The van der Waals surface area contributed by atoms with E-state index in [4.69, 9.17) is 10.5 Å². The highest BCUT2D eigenvalue weighted by molar-refractivity contribution is 9.10. The summed E-state index contributed by atoms with van der Waals surface area (Å²) in [6, 6.07) is 8.43. The van der Waals surface area contributed by atoms with Crippen molar-refractivity contribution in [3.05, 3.63) is 34.3 Å². The molecule has 1 aliphatic rings. The molecule has 0 radical (unpaired) electrons. The number of aliphatic hydroxyl groups is 1. The van der Waals surface area contributed by atoms with Gasteiger partial charge in [0.25, 0.3) is 0 Å². The maximum Gasteiger partial charge on any atom is 0.0933 e. The Bertz CT molecular complexity index is 430. The Morgan fingerprint density at radius 2 is 2.25 bits per heavy atom. The number of morpholine rings is 1. The number of nitrogens with zero attached hydrogens (tertiary/aromatic N) is 1. The standard InChI is InChI=1S/C15H23BrN2O2/c1-2-14(17)15(12-5-3-4-6-13(12)16)18-7-8-20-11(9-18)10-19/h3-6,11,14-15,19H,2,7-10,17H2,1H3. The average molecular weight is 343 g/mol. The summed E-state index contributed by atoms with van der Waals surface area (Å²) in [6.07, 6.45) is 0.797. The van der Waals surface area contributed by atoms with Gasteiger partial charge >= 0.3 is 0 Å². The van der Waals surface area contributed by atoms with Gasteiger partial charge in [0.2, 0.25) is 0 Å². The van der Waals surface area contributed by atoms with Crippen LogP contribution in [0.5, 0.6) is 0 Å². The Balaban J connectivity index is 2.26. The summed E-state index contributed by atoms with van der Waals surface area (Å²) in [5.41, 5.74) is 7.58. The van der Waals surface area contributed by atoms with Crippen molar-refractivity contribution in [2.24, 2.45) is 5.73 Å². The molecule has 112 valence electrons. The first-order valence-electron chi connectivity index (χ1n) is 7.13. The Morgan fingerprint density at radius 1 is 1.50 bits per heavy atom. The van der Waals surface area contributed by atoms with Crippen LogP contribution in [0.25, 0.3) is 0 Å². The third kappa shape index (κ3) is 3.59. The van der Waals surface area contributed by atoms with Gasteiger partial charge in [-0.15, -0.1) is 0 Å². The second kappa shape index (κ2) is 7.52. The van der Waals surface area contributed by atoms with Crippen LogP contribution in [0.4, 0.5) is 0 Å². The van der Waals surface area contributed by atoms with E-state index in [9.17, 15) is 5.11 Å². The van der Waals surface area contributed by atoms with Crippen molar-refractivity contribution in [3.8, 4) is 0 Å². The molecule has 0 bridgehead atoms. The van der Waals surface area contributed by atoms with Crippen molar-refractivity contribution >= 4 is 15.9 Å². The van der Waals surface area contributed by atoms with Crippen molar-refractivity contribution in [2.45, 2.75) is 31.5 Å². The topological polar surface area (TPSA) is 58.7 Å². The molecule has 1 aliphatic heterocycles. The first-order chi connectivity index (χ1) is 9.67. The zero-order valence-electron chi connectivity index (χ0n) is 11.8. The van der Waals surface area contributed by atoms with Gasteiger partial charge in [0.05, 0.1) is 25.4 Å². The van der Waals surface area contributed by atoms with E-state index in [2.05, 4.69) is 39.9 Å². The number of hydrogen-bond acceptors (Lipinski definition) is 4. The maximum absolute atomic E-state index is 9.32. The maximum atomic E-state index is 9.32. The van der Waals surface area contributed by atoms with Crippen LogP contribution in [0, 0.1) is 0 Å². The van der Waals surface area contributed by atoms with Gasteiger partial charge in [-0.2, -0.15) is 0 Å². The van der Waals surface area contributed by atoms with Gasteiger partial charge in [-0.3, -0.25) is 4.90 Å². The third-order valence-electron chi connectivity index (χ3n) is 3.87. The molecule has 1 aromatic rings. The van der Waals surface area contributed by atoms with E-state index in [0.29, 0.717) is 6.61 Å². The van der Waals surface area contributed by atoms with E-state index in [1.165, 1.54) is 5.56 Å². The van der Waals surface area contributed by atoms with Gasteiger partial charge in [-0.05, 0) is 18.1 Å². The lowest BCUT2D eigenvalue weighted by Gasteiger charge is -2.40. The normalized spacial score (nSPS) is 23.5. The number of ether oxygens (including phenoxy) is 1. The molecule has 20 heavy (non-hydrogen) atoms. The molecule has 0 aromatic heterocycles. The number of aliphatic hydroxyl groups excluding tert-OH is 1. The number of rotatable bonds is 5. The first kappa shape index (κ1) is 15.9. The van der Waals surface area contributed by atoms with E-state index in [0.717, 1.165) is 24.0 Å². The smallest absolute Gasteiger partial charge is 0.0933 e. The SMILES string of the molecule is CCC(N)C(c1ccccc1Br)N1CCOC(CO)C1. The zero-order valence-corrected chi connectivity index (χ0v) is 13.4. The largest absolute Gasteiger partial charge is 0.394 e. The molecule has 0 amide bonds. The van der Waals surface area contributed by atoms with E-state index in [1.54, 1.807) is 0 Å². The fraction of sp³-hybridized carbons (Fsp3) is 0.600. The van der Waals surface area contributed by atoms with Crippen LogP contribution in [-0.2, 0) is 4.74 Å². The van der Waals surface area contributed by atoms with Gasteiger partial charge in [-0.25, -0.2) is 0 Å². The quantitative estimate of drug-likeness (QED) is 0.858. The number of nitrogens with two attached hydrogens (primary N) is 1. The van der Waals surface area contributed by atoms with Gasteiger partial charge < -0.3 is 15.6 Å². The molecule has 3 N–H and O–H groups in total. The lowest BCUT2D eigenvalue weighted by Crippen LogP contribution is -2.50. The molecule has 0 spiro atoms. The summed E-state index contributed by atoms with van der Waals surface area (Å²) in [5.74, 6) is 0. The van der Waals surface area contributed by atoms with Crippen LogP contribution in [-0.4, -0.2) is 48.5 Å². The lowest BCUT2D eigenvalue weighted by atomic mass is 9.95. The van der Waals surface area contributed by atoms with E-state index < -0.39 is 0 Å². The molecule has 1 saturated heterocycles. The molecule has 1 aromatic carbocycles. The van der Waals surface area contributed by atoms with Crippen LogP contribution >= 0.6 is 15.9 Å². The Labute approximate surface area is 129 Å². The van der Waals surface area contributed by atoms with E-state index in [-0.39, 0.29) is 24.8 Å². The lowest BCUT2D eigenvalue weighted by molar-refractivity contribution is -0.0683. The summed E-state index contributed by atoms with van der Waals surface area (Å²) in [7, 11) is 0. The third-order valence-corrected chi connectivity index (χ3v) is 4.59. The van der Waals surface area contributed by atoms with Gasteiger partial charge in [0, 0.05) is 23.6 Å². The molecular weight excluding hydrogens is 320 g/mol. The van der Waals surface area contributed by atoms with Crippen LogP contribution in [0.15, 0.2) is 28.7 Å². The highest BCUT2D eigenvalue weighted by Crippen LogP contribution is 2.32. The molecule has 5 heteroatoms. The molecule has 0 aliphatic carbocycles. The molecule has 4 nitrogen and oxygen atoms in total. The molecule has 2 rings (SSSR count). The zero-order chi connectivity index (χ0) is 14.5. The Hall–Kier alpha value is -0.460. The Morgan fingerprint density at radius 3 is 2.90 bits per heavy atom. The number of halogens is 1. The van der Waals surface area contributed by atoms with Crippen LogP contribution in [0.2, 0.25) is 0 Å². The second-order valence-electron chi connectivity index (χ2n) is 5.21. The van der Waals surface area contributed by atoms with Gasteiger partial charge in [-0.1, -0.05) is 41.1 Å². The minimum absolute atomic E-state index is 0.0561. The number of hydrogen-bond donors (Lipinski definition) is 2. The van der Waals surface area contributed by atoms with Crippen LogP contribution in [0.3, 0.4) is 0 Å². The molecule has 3 atom stereocenters. The molecule has 3 unspecified atom stereocenters. The van der Waals surface area contributed by atoms with Gasteiger partial charge in [0.1, 0.15) is 0 Å². The summed E-state index contributed by atoms with van der Waals surface area (Å²) < 4.78 is 6.63. The molecule has 1 heterocycles. The second-order valence-corrected chi connectivity index (χ2v) is 6.06. The number of benzene rings is 1. The van der Waals surface area contributed by atoms with E-state index in [1.807, 2.05) is 12.1 Å². The van der Waals surface area contributed by atoms with E-state index >= 15 is 0 Å². The minimum Gasteiger partial charge on any atom is -0.394 e. The predicted molar refractivity (Wildman–Crippen MR) is 83.5 cm³/mol. The summed E-state index contributed by atoms with van der Waals surface area (Å²) >= 11 is 3.63. The van der Waals surface area contributed by atoms with Crippen LogP contribution < -0.4 is 5.73 Å². The highest BCUT2D eigenvalue weighted by Gasteiger charge is 2.31. The fourth-order valence-electron chi connectivity index (χ4n) is 2.74. The van der Waals surface area contributed by atoms with Gasteiger partial charge in [0.15, 0.2) is 0 Å². The minimum atomic E-state index is -0.113.